The first-order chi connectivity index (χ1) is 15.0. The third kappa shape index (κ3) is 4.06. The number of pyridine rings is 1. The molecule has 1 aliphatic heterocycles. The summed E-state index contributed by atoms with van der Waals surface area (Å²) >= 11 is 0. The second-order valence-corrected chi connectivity index (χ2v) is 8.02. The smallest absolute Gasteiger partial charge is 0.156 e. The molecule has 1 fully saturated rings. The lowest BCUT2D eigenvalue weighted by molar-refractivity contribution is 0.312. The second kappa shape index (κ2) is 7.96. The van der Waals surface area contributed by atoms with Gasteiger partial charge in [-0.3, -0.25) is 0 Å². The van der Waals surface area contributed by atoms with Crippen molar-refractivity contribution in [1.29, 1.82) is 0 Å². The minimum atomic E-state index is 0.741. The Hall–Kier alpha value is -3.52. The highest BCUT2D eigenvalue weighted by Crippen LogP contribution is 2.24. The van der Waals surface area contributed by atoms with E-state index in [2.05, 4.69) is 49.4 Å². The number of hydrogen-bond donors (Lipinski definition) is 1. The van der Waals surface area contributed by atoms with Crippen LogP contribution >= 0.6 is 0 Å². The molecule has 3 aromatic heterocycles. The molecule has 0 spiro atoms. The first-order valence-electron chi connectivity index (χ1n) is 10.5. The second-order valence-electron chi connectivity index (χ2n) is 8.02. The molecule has 4 aromatic rings. The van der Waals surface area contributed by atoms with Crippen LogP contribution in [0.25, 0.3) is 16.7 Å². The fraction of sp³-hybridized carbons (Fsp3) is 0.304. The Morgan fingerprint density at radius 3 is 2.48 bits per heavy atom. The van der Waals surface area contributed by atoms with E-state index in [9.17, 15) is 0 Å². The van der Waals surface area contributed by atoms with Gasteiger partial charge in [0.1, 0.15) is 23.3 Å². The molecule has 0 bridgehead atoms. The van der Waals surface area contributed by atoms with Crippen LogP contribution in [0, 0.1) is 13.8 Å². The van der Waals surface area contributed by atoms with Gasteiger partial charge in [0.05, 0.1) is 11.2 Å². The van der Waals surface area contributed by atoms with E-state index in [1.165, 1.54) is 0 Å². The SMILES string of the molecule is Cc1cc(Nc2cc(N3CCN(C)CC3)nc(C)n2)n(-c2ccc3ccccc3n2)n1. The van der Waals surface area contributed by atoms with Crippen LogP contribution in [-0.4, -0.2) is 62.9 Å². The van der Waals surface area contributed by atoms with Gasteiger partial charge in [0, 0.05) is 43.7 Å². The summed E-state index contributed by atoms with van der Waals surface area (Å²) in [5.41, 5.74) is 1.84. The summed E-state index contributed by atoms with van der Waals surface area (Å²) in [4.78, 5) is 18.7. The van der Waals surface area contributed by atoms with E-state index in [-0.39, 0.29) is 0 Å². The van der Waals surface area contributed by atoms with Gasteiger partial charge < -0.3 is 15.1 Å². The molecule has 1 N–H and O–H groups in total. The molecular weight excluding hydrogens is 388 g/mol. The lowest BCUT2D eigenvalue weighted by atomic mass is 10.2. The highest BCUT2D eigenvalue weighted by molar-refractivity contribution is 5.79. The quantitative estimate of drug-likeness (QED) is 0.549. The van der Waals surface area contributed by atoms with E-state index < -0.39 is 0 Å². The van der Waals surface area contributed by atoms with E-state index in [4.69, 9.17) is 4.98 Å². The van der Waals surface area contributed by atoms with Crippen molar-refractivity contribution in [2.45, 2.75) is 13.8 Å². The average Bonchev–Trinajstić information content (AvgIpc) is 3.13. The maximum atomic E-state index is 4.79. The van der Waals surface area contributed by atoms with Gasteiger partial charge >= 0.3 is 0 Å². The summed E-state index contributed by atoms with van der Waals surface area (Å²) in [7, 11) is 2.15. The number of likely N-dealkylation sites (N-methyl/N-ethyl adjacent to an activating group) is 1. The Bertz CT molecular complexity index is 1220. The lowest BCUT2D eigenvalue weighted by Crippen LogP contribution is -2.44. The van der Waals surface area contributed by atoms with E-state index in [0.717, 1.165) is 71.9 Å². The molecule has 158 valence electrons. The van der Waals surface area contributed by atoms with Gasteiger partial charge in [-0.2, -0.15) is 9.78 Å². The first kappa shape index (κ1) is 19.4. The Balaban J connectivity index is 1.47. The molecule has 8 nitrogen and oxygen atoms in total. The van der Waals surface area contributed by atoms with E-state index in [1.54, 1.807) is 0 Å². The number of aryl methyl sites for hydroxylation is 2. The molecule has 5 rings (SSSR count). The number of anilines is 3. The van der Waals surface area contributed by atoms with Gasteiger partial charge in [-0.15, -0.1) is 0 Å². The van der Waals surface area contributed by atoms with Crippen molar-refractivity contribution in [3.63, 3.8) is 0 Å². The zero-order valence-corrected chi connectivity index (χ0v) is 18.1. The van der Waals surface area contributed by atoms with Crippen molar-refractivity contribution in [1.82, 2.24) is 29.6 Å². The first-order valence-corrected chi connectivity index (χ1v) is 10.5. The van der Waals surface area contributed by atoms with Crippen LogP contribution in [0.1, 0.15) is 11.5 Å². The molecule has 0 aliphatic carbocycles. The lowest BCUT2D eigenvalue weighted by Gasteiger charge is -2.33. The van der Waals surface area contributed by atoms with Gasteiger partial charge in [0.25, 0.3) is 0 Å². The van der Waals surface area contributed by atoms with Crippen LogP contribution < -0.4 is 10.2 Å². The number of benzene rings is 1. The van der Waals surface area contributed by atoms with Crippen LogP contribution in [-0.2, 0) is 0 Å². The highest BCUT2D eigenvalue weighted by atomic mass is 15.4. The Morgan fingerprint density at radius 2 is 1.65 bits per heavy atom. The molecule has 0 radical (unpaired) electrons. The van der Waals surface area contributed by atoms with E-state index in [0.29, 0.717) is 0 Å². The summed E-state index contributed by atoms with van der Waals surface area (Å²) in [6, 6.07) is 16.2. The molecule has 1 aliphatic rings. The monoisotopic (exact) mass is 414 g/mol. The van der Waals surface area contributed by atoms with Crippen LogP contribution in [0.15, 0.2) is 48.5 Å². The summed E-state index contributed by atoms with van der Waals surface area (Å²) in [6.07, 6.45) is 0. The minimum Gasteiger partial charge on any atom is -0.354 e. The fourth-order valence-electron chi connectivity index (χ4n) is 3.88. The molecule has 4 heterocycles. The summed E-state index contributed by atoms with van der Waals surface area (Å²) < 4.78 is 1.83. The predicted molar refractivity (Wildman–Crippen MR) is 123 cm³/mol. The Labute approximate surface area is 181 Å². The summed E-state index contributed by atoms with van der Waals surface area (Å²) in [5, 5.41) is 9.21. The topological polar surface area (TPSA) is 75.0 Å². The summed E-state index contributed by atoms with van der Waals surface area (Å²) in [6.45, 7) is 7.90. The van der Waals surface area contributed by atoms with Gasteiger partial charge in [-0.1, -0.05) is 18.2 Å². The standard InChI is InChI=1S/C23H26N8/c1-16-14-23(31(28-16)21-9-8-18-6-4-5-7-19(18)26-21)27-20-15-22(25-17(2)24-20)30-12-10-29(3)11-13-30/h4-9,14-15H,10-13H2,1-3H3,(H,24,25,27). The van der Waals surface area contributed by atoms with Gasteiger partial charge in [0.15, 0.2) is 5.82 Å². The molecule has 0 unspecified atom stereocenters. The maximum Gasteiger partial charge on any atom is 0.156 e. The van der Waals surface area contributed by atoms with Crippen LogP contribution in [0.5, 0.6) is 0 Å². The maximum absolute atomic E-state index is 4.79. The van der Waals surface area contributed by atoms with Gasteiger partial charge in [-0.25, -0.2) is 15.0 Å². The fourth-order valence-corrected chi connectivity index (χ4v) is 3.88. The van der Waals surface area contributed by atoms with Crippen LogP contribution in [0.3, 0.4) is 0 Å². The molecular formula is C23H26N8. The Morgan fingerprint density at radius 1 is 0.839 bits per heavy atom. The van der Waals surface area contributed by atoms with Crippen molar-refractivity contribution < 1.29 is 0 Å². The molecule has 0 amide bonds. The number of nitrogens with zero attached hydrogens (tertiary/aromatic N) is 7. The zero-order valence-electron chi connectivity index (χ0n) is 18.1. The minimum absolute atomic E-state index is 0.741. The number of piperazine rings is 1. The molecule has 0 atom stereocenters. The highest BCUT2D eigenvalue weighted by Gasteiger charge is 2.17. The number of nitrogens with one attached hydrogen (secondary N) is 1. The number of rotatable bonds is 4. The van der Waals surface area contributed by atoms with Crippen molar-refractivity contribution in [2.24, 2.45) is 0 Å². The molecule has 0 saturated carbocycles. The number of aromatic nitrogens is 5. The van der Waals surface area contributed by atoms with Crippen molar-refractivity contribution >= 4 is 28.4 Å². The predicted octanol–water partition coefficient (Wildman–Crippen LogP) is 3.32. The zero-order chi connectivity index (χ0) is 21.4. The number of hydrogen-bond acceptors (Lipinski definition) is 7. The van der Waals surface area contributed by atoms with E-state index in [1.807, 2.05) is 54.9 Å². The van der Waals surface area contributed by atoms with Crippen LogP contribution in [0.4, 0.5) is 17.5 Å². The molecule has 31 heavy (non-hydrogen) atoms. The summed E-state index contributed by atoms with van der Waals surface area (Å²) in [5.74, 6) is 4.03. The third-order valence-corrected chi connectivity index (χ3v) is 5.54. The van der Waals surface area contributed by atoms with Crippen molar-refractivity contribution in [2.75, 3.05) is 43.4 Å². The molecule has 8 heteroatoms. The van der Waals surface area contributed by atoms with Gasteiger partial charge in [-0.05, 0) is 39.1 Å². The molecule has 1 saturated heterocycles. The van der Waals surface area contributed by atoms with Crippen molar-refractivity contribution in [3.05, 3.63) is 60.0 Å². The van der Waals surface area contributed by atoms with Crippen molar-refractivity contribution in [3.8, 4) is 5.82 Å². The number of para-hydroxylation sites is 1. The average molecular weight is 415 g/mol. The number of fused-ring (bicyclic) bond motifs is 1. The van der Waals surface area contributed by atoms with Crippen LogP contribution in [0.2, 0.25) is 0 Å². The third-order valence-electron chi connectivity index (χ3n) is 5.54. The van der Waals surface area contributed by atoms with E-state index >= 15 is 0 Å². The molecule has 1 aromatic carbocycles. The normalized spacial score (nSPS) is 14.9. The van der Waals surface area contributed by atoms with Gasteiger partial charge in [0.2, 0.25) is 0 Å². The largest absolute Gasteiger partial charge is 0.354 e. The Kier molecular flexibility index (Phi) is 4.99.